The summed E-state index contributed by atoms with van der Waals surface area (Å²) in [6.45, 7) is 8.56. The third kappa shape index (κ3) is 4.40. The molecule has 1 heterocycles. The van der Waals surface area contributed by atoms with E-state index < -0.39 is 0 Å². The molecule has 0 amide bonds. The maximum Gasteiger partial charge on any atom is 0.310 e. The van der Waals surface area contributed by atoms with E-state index in [4.69, 9.17) is 9.47 Å². The van der Waals surface area contributed by atoms with Crippen LogP contribution < -0.4 is 4.74 Å². The first-order valence-electron chi connectivity index (χ1n) is 8.93. The summed E-state index contributed by atoms with van der Waals surface area (Å²) in [5, 5.41) is 0. The topological polar surface area (TPSA) is 35.5 Å². The summed E-state index contributed by atoms with van der Waals surface area (Å²) in [5.41, 5.74) is 1.04. The maximum absolute atomic E-state index is 12.8. The molecule has 132 valence electrons. The Bertz CT molecular complexity index is 557. The number of carbonyl (C=O) groups excluding carboxylic acids is 1. The lowest BCUT2D eigenvalue weighted by Crippen LogP contribution is -2.28. The molecule has 1 aromatic rings. The van der Waals surface area contributed by atoms with Crippen LogP contribution in [0.2, 0.25) is 0 Å². The number of cyclic esters (lactones) is 1. The van der Waals surface area contributed by atoms with Crippen molar-refractivity contribution in [3.8, 4) is 5.75 Å². The largest absolute Gasteiger partial charge is 0.497 e. The molecule has 0 spiro atoms. The van der Waals surface area contributed by atoms with E-state index in [-0.39, 0.29) is 29.8 Å². The summed E-state index contributed by atoms with van der Waals surface area (Å²) in [4.78, 5) is 12.8. The second-order valence-corrected chi connectivity index (χ2v) is 7.33. The number of esters is 1. The van der Waals surface area contributed by atoms with Crippen LogP contribution in [0.5, 0.6) is 5.75 Å². The van der Waals surface area contributed by atoms with Gasteiger partial charge in [0.2, 0.25) is 0 Å². The van der Waals surface area contributed by atoms with Crippen LogP contribution in [0, 0.1) is 23.7 Å². The van der Waals surface area contributed by atoms with Gasteiger partial charge in [-0.25, -0.2) is 0 Å². The quantitative estimate of drug-likeness (QED) is 0.564. The molecule has 0 fully saturated rings. The number of hydrogen-bond acceptors (Lipinski definition) is 3. The fraction of sp³-hybridized carbons (Fsp3) is 0.571. The van der Waals surface area contributed by atoms with Crippen molar-refractivity contribution in [2.24, 2.45) is 23.7 Å². The average Bonchev–Trinajstić information content (AvgIpc) is 2.63. The van der Waals surface area contributed by atoms with E-state index in [2.05, 4.69) is 39.8 Å². The summed E-state index contributed by atoms with van der Waals surface area (Å²) in [7, 11) is 1.66. The Morgan fingerprint density at radius 2 is 1.62 bits per heavy atom. The van der Waals surface area contributed by atoms with E-state index >= 15 is 0 Å². The van der Waals surface area contributed by atoms with Crippen LogP contribution in [0.15, 0.2) is 36.4 Å². The molecule has 0 aromatic heterocycles. The molecular formula is C21H30O3. The molecule has 24 heavy (non-hydrogen) atoms. The Hall–Kier alpha value is -1.77. The lowest BCUT2D eigenvalue weighted by Gasteiger charge is -2.30. The minimum absolute atomic E-state index is 0.0760. The zero-order valence-corrected chi connectivity index (χ0v) is 15.5. The Labute approximate surface area is 146 Å². The summed E-state index contributed by atoms with van der Waals surface area (Å²) in [6, 6.07) is 7.89. The predicted octanol–water partition coefficient (Wildman–Crippen LogP) is 5.17. The van der Waals surface area contributed by atoms with Gasteiger partial charge in [0, 0.05) is 5.92 Å². The van der Waals surface area contributed by atoms with Gasteiger partial charge in [0.1, 0.15) is 11.9 Å². The molecular weight excluding hydrogens is 300 g/mol. The molecule has 3 heteroatoms. The molecule has 0 saturated heterocycles. The highest BCUT2D eigenvalue weighted by molar-refractivity contribution is 5.73. The van der Waals surface area contributed by atoms with Crippen molar-refractivity contribution in [2.75, 3.05) is 7.11 Å². The molecule has 1 aliphatic heterocycles. The number of carbonyl (C=O) groups is 1. The van der Waals surface area contributed by atoms with Crippen molar-refractivity contribution >= 4 is 5.97 Å². The van der Waals surface area contributed by atoms with Gasteiger partial charge in [-0.2, -0.15) is 0 Å². The normalized spacial score (nSPS) is 26.5. The molecule has 0 unspecified atom stereocenters. The molecule has 2 rings (SSSR count). The van der Waals surface area contributed by atoms with Gasteiger partial charge in [-0.05, 0) is 42.4 Å². The van der Waals surface area contributed by atoms with Gasteiger partial charge in [-0.3, -0.25) is 4.79 Å². The third-order valence-electron chi connectivity index (χ3n) is 5.01. The van der Waals surface area contributed by atoms with Crippen LogP contribution in [-0.4, -0.2) is 13.1 Å². The summed E-state index contributed by atoms with van der Waals surface area (Å²) in [6.07, 6.45) is 5.84. The Balaban J connectivity index is 2.36. The van der Waals surface area contributed by atoms with E-state index in [1.165, 1.54) is 0 Å². The summed E-state index contributed by atoms with van der Waals surface area (Å²) < 4.78 is 11.3. The van der Waals surface area contributed by atoms with E-state index in [0.717, 1.165) is 24.2 Å². The first-order valence-corrected chi connectivity index (χ1v) is 8.93. The van der Waals surface area contributed by atoms with Gasteiger partial charge in [0.15, 0.2) is 0 Å². The number of rotatable bonds is 4. The number of hydrogen-bond donors (Lipinski definition) is 0. The summed E-state index contributed by atoms with van der Waals surface area (Å²) in [5.74, 6) is 1.62. The van der Waals surface area contributed by atoms with Gasteiger partial charge in [0.05, 0.1) is 13.0 Å². The number of benzene rings is 1. The van der Waals surface area contributed by atoms with Crippen LogP contribution in [0.3, 0.4) is 0 Å². The molecule has 1 aliphatic rings. The molecule has 1 aromatic carbocycles. The lowest BCUT2D eigenvalue weighted by molar-refractivity contribution is -0.159. The second kappa shape index (κ2) is 8.36. The smallest absolute Gasteiger partial charge is 0.310 e. The van der Waals surface area contributed by atoms with Gasteiger partial charge in [-0.15, -0.1) is 0 Å². The number of allylic oxidation sites excluding steroid dienone is 2. The van der Waals surface area contributed by atoms with Crippen LogP contribution in [-0.2, 0) is 9.53 Å². The van der Waals surface area contributed by atoms with Crippen LogP contribution in [0.4, 0.5) is 0 Å². The van der Waals surface area contributed by atoms with Crippen molar-refractivity contribution in [2.45, 2.75) is 46.6 Å². The predicted molar refractivity (Wildman–Crippen MR) is 96.9 cm³/mol. The monoisotopic (exact) mass is 330 g/mol. The standard InChI is InChI=1S/C21H30O3/c1-14(2)18-8-6-7-9-19(15(3)4)21(22)24-20(18)16-10-12-17(23-5)13-11-16/h6-7,10-15,18-20H,8-9H2,1-5H3/b7-6-/t18-,19-,20+/m0/s1. The minimum Gasteiger partial charge on any atom is -0.497 e. The molecule has 0 bridgehead atoms. The SMILES string of the molecule is COc1ccc([C@H]2OC(=O)[C@H](C(C)C)C/C=C\C[C@H]2C(C)C)cc1. The maximum atomic E-state index is 12.8. The molecule has 0 saturated carbocycles. The van der Waals surface area contributed by atoms with Crippen molar-refractivity contribution in [1.29, 1.82) is 0 Å². The fourth-order valence-electron chi connectivity index (χ4n) is 3.29. The Kier molecular flexibility index (Phi) is 6.47. The van der Waals surface area contributed by atoms with Crippen molar-refractivity contribution in [3.05, 3.63) is 42.0 Å². The van der Waals surface area contributed by atoms with E-state index in [0.29, 0.717) is 5.92 Å². The van der Waals surface area contributed by atoms with Crippen molar-refractivity contribution in [3.63, 3.8) is 0 Å². The average molecular weight is 330 g/mol. The molecule has 0 aliphatic carbocycles. The number of methoxy groups -OCH3 is 1. The summed E-state index contributed by atoms with van der Waals surface area (Å²) >= 11 is 0. The van der Waals surface area contributed by atoms with Crippen molar-refractivity contribution in [1.82, 2.24) is 0 Å². The zero-order chi connectivity index (χ0) is 17.7. The highest BCUT2D eigenvalue weighted by atomic mass is 16.5. The van der Waals surface area contributed by atoms with E-state index in [1.807, 2.05) is 24.3 Å². The second-order valence-electron chi connectivity index (χ2n) is 7.33. The third-order valence-corrected chi connectivity index (χ3v) is 5.01. The highest BCUT2D eigenvalue weighted by Gasteiger charge is 2.33. The van der Waals surface area contributed by atoms with Crippen molar-refractivity contribution < 1.29 is 14.3 Å². The molecule has 0 radical (unpaired) electrons. The first-order chi connectivity index (χ1) is 11.4. The minimum atomic E-state index is -0.215. The highest BCUT2D eigenvalue weighted by Crippen LogP contribution is 2.37. The van der Waals surface area contributed by atoms with Gasteiger partial charge in [0.25, 0.3) is 0 Å². The Morgan fingerprint density at radius 1 is 1.00 bits per heavy atom. The molecule has 3 atom stereocenters. The van der Waals surface area contributed by atoms with Gasteiger partial charge in [-0.1, -0.05) is 52.0 Å². The first kappa shape index (κ1) is 18.6. The van der Waals surface area contributed by atoms with Gasteiger partial charge < -0.3 is 9.47 Å². The number of ether oxygens (including phenoxy) is 2. The Morgan fingerprint density at radius 3 is 2.17 bits per heavy atom. The van der Waals surface area contributed by atoms with E-state index in [1.54, 1.807) is 7.11 Å². The van der Waals surface area contributed by atoms with Crippen LogP contribution in [0.1, 0.15) is 52.2 Å². The van der Waals surface area contributed by atoms with E-state index in [9.17, 15) is 4.79 Å². The van der Waals surface area contributed by atoms with Crippen LogP contribution >= 0.6 is 0 Å². The van der Waals surface area contributed by atoms with Crippen LogP contribution in [0.25, 0.3) is 0 Å². The lowest BCUT2D eigenvalue weighted by atomic mass is 9.84. The fourth-order valence-corrected chi connectivity index (χ4v) is 3.29. The zero-order valence-electron chi connectivity index (χ0n) is 15.5. The molecule has 0 N–H and O–H groups in total. The van der Waals surface area contributed by atoms with Gasteiger partial charge >= 0.3 is 5.97 Å². The molecule has 3 nitrogen and oxygen atoms in total.